The molecule has 0 atom stereocenters. The number of carbonyl (C=O) groups is 1. The van der Waals surface area contributed by atoms with Crippen LogP contribution in [0, 0.1) is 0 Å². The molecular formula is C21H30N6OS. The van der Waals surface area contributed by atoms with E-state index < -0.39 is 0 Å². The first kappa shape index (κ1) is 20.1. The predicted molar refractivity (Wildman–Crippen MR) is 117 cm³/mol. The summed E-state index contributed by atoms with van der Waals surface area (Å²) in [6, 6.07) is 3.73. The number of rotatable bonds is 7. The summed E-state index contributed by atoms with van der Waals surface area (Å²) in [6.45, 7) is 8.02. The Kier molecular flexibility index (Phi) is 6.61. The van der Waals surface area contributed by atoms with Crippen LogP contribution < -0.4 is 10.2 Å². The third-order valence-corrected chi connectivity index (χ3v) is 6.78. The lowest BCUT2D eigenvalue weighted by molar-refractivity contribution is 0.0947. The van der Waals surface area contributed by atoms with Crippen LogP contribution in [0.2, 0.25) is 0 Å². The van der Waals surface area contributed by atoms with Gasteiger partial charge < -0.3 is 15.1 Å². The van der Waals surface area contributed by atoms with Crippen LogP contribution in [0.25, 0.3) is 5.13 Å². The highest BCUT2D eigenvalue weighted by atomic mass is 32.1. The van der Waals surface area contributed by atoms with E-state index in [0.717, 1.165) is 49.4 Å². The normalized spacial score (nSPS) is 18.0. The Morgan fingerprint density at radius 1 is 1.17 bits per heavy atom. The molecule has 1 aliphatic carbocycles. The molecular weight excluding hydrogens is 384 g/mol. The van der Waals surface area contributed by atoms with Gasteiger partial charge in [-0.05, 0) is 50.8 Å². The number of aromatic nitrogens is 3. The van der Waals surface area contributed by atoms with Gasteiger partial charge in [-0.1, -0.05) is 29.9 Å². The topological polar surface area (TPSA) is 66.3 Å². The number of carbonyl (C=O) groups excluding carboxylic acids is 1. The van der Waals surface area contributed by atoms with Gasteiger partial charge in [0.15, 0.2) is 0 Å². The van der Waals surface area contributed by atoms with Crippen LogP contribution in [0.15, 0.2) is 30.0 Å². The Morgan fingerprint density at radius 3 is 2.76 bits per heavy atom. The van der Waals surface area contributed by atoms with Crippen molar-refractivity contribution < 1.29 is 4.79 Å². The van der Waals surface area contributed by atoms with Crippen molar-refractivity contribution in [2.24, 2.45) is 0 Å². The van der Waals surface area contributed by atoms with E-state index in [1.807, 2.05) is 22.9 Å². The van der Waals surface area contributed by atoms with E-state index in [1.54, 1.807) is 11.3 Å². The molecule has 4 rings (SSSR count). The minimum atomic E-state index is -0.0558. The third-order valence-electron chi connectivity index (χ3n) is 5.80. The van der Waals surface area contributed by atoms with Gasteiger partial charge in [-0.15, -0.1) is 10.2 Å². The minimum Gasteiger partial charge on any atom is -0.350 e. The van der Waals surface area contributed by atoms with Gasteiger partial charge in [-0.25, -0.2) is 0 Å². The highest BCUT2D eigenvalue weighted by molar-refractivity contribution is 7.17. The highest BCUT2D eigenvalue weighted by Crippen LogP contribution is 2.25. The first-order valence-electron chi connectivity index (χ1n) is 10.7. The number of piperazine rings is 1. The van der Waals surface area contributed by atoms with Crippen molar-refractivity contribution in [2.45, 2.75) is 39.0 Å². The molecule has 0 saturated carbocycles. The average molecular weight is 415 g/mol. The summed E-state index contributed by atoms with van der Waals surface area (Å²) in [5, 5.41) is 13.5. The standard InChI is InChI=1S/C21H30N6OS/c1-2-25-13-15-26(16-14-25)20-23-24-21(29-20)27-12-6-9-18(27)19(28)22-11-10-17-7-4-3-5-8-17/h6-7,9,12H,2-5,8,10-11,13-16H2,1H3,(H,22,28). The van der Waals surface area contributed by atoms with Gasteiger partial charge in [0.05, 0.1) is 0 Å². The predicted octanol–water partition coefficient (Wildman–Crippen LogP) is 3.09. The molecule has 2 aromatic rings. The SMILES string of the molecule is CCN1CCN(c2nnc(-n3cccc3C(=O)NCCC3=CCCCC3)s2)CC1. The second-order valence-corrected chi connectivity index (χ2v) is 8.60. The Labute approximate surface area is 176 Å². The smallest absolute Gasteiger partial charge is 0.268 e. The summed E-state index contributed by atoms with van der Waals surface area (Å²) in [6.07, 6.45) is 10.1. The van der Waals surface area contributed by atoms with Gasteiger partial charge in [0.2, 0.25) is 10.3 Å². The number of anilines is 1. The van der Waals surface area contributed by atoms with Crippen LogP contribution in [0.4, 0.5) is 5.13 Å². The minimum absolute atomic E-state index is 0.0558. The molecule has 1 saturated heterocycles. The molecule has 0 unspecified atom stereocenters. The van der Waals surface area contributed by atoms with Gasteiger partial charge in [-0.2, -0.15) is 0 Å². The molecule has 1 amide bonds. The van der Waals surface area contributed by atoms with Crippen molar-refractivity contribution in [2.75, 3.05) is 44.2 Å². The van der Waals surface area contributed by atoms with Crippen LogP contribution >= 0.6 is 11.3 Å². The molecule has 2 aromatic heterocycles. The van der Waals surface area contributed by atoms with Crippen molar-refractivity contribution in [3.05, 3.63) is 35.7 Å². The summed E-state index contributed by atoms with van der Waals surface area (Å²) in [5.74, 6) is -0.0558. The molecule has 3 heterocycles. The lowest BCUT2D eigenvalue weighted by atomic mass is 9.97. The number of allylic oxidation sites excluding steroid dienone is 1. The maximum absolute atomic E-state index is 12.7. The van der Waals surface area contributed by atoms with E-state index in [1.165, 1.54) is 31.3 Å². The van der Waals surface area contributed by atoms with Crippen LogP contribution in [0.1, 0.15) is 49.5 Å². The van der Waals surface area contributed by atoms with Crippen molar-refractivity contribution in [3.63, 3.8) is 0 Å². The quantitative estimate of drug-likeness (QED) is 0.706. The average Bonchev–Trinajstić information content (AvgIpc) is 3.44. The van der Waals surface area contributed by atoms with Gasteiger partial charge in [0, 0.05) is 38.9 Å². The molecule has 8 heteroatoms. The van der Waals surface area contributed by atoms with Crippen molar-refractivity contribution in [3.8, 4) is 5.13 Å². The Bertz CT molecular complexity index is 849. The van der Waals surface area contributed by atoms with E-state index in [2.05, 4.69) is 38.3 Å². The maximum Gasteiger partial charge on any atom is 0.268 e. The third kappa shape index (κ3) is 4.87. The van der Waals surface area contributed by atoms with Crippen molar-refractivity contribution in [1.82, 2.24) is 25.0 Å². The molecule has 2 aliphatic rings. The maximum atomic E-state index is 12.7. The van der Waals surface area contributed by atoms with Crippen LogP contribution in [0.3, 0.4) is 0 Å². The van der Waals surface area contributed by atoms with Gasteiger partial charge in [0.1, 0.15) is 5.69 Å². The second-order valence-electron chi connectivity index (χ2n) is 7.67. The van der Waals surface area contributed by atoms with Gasteiger partial charge in [-0.3, -0.25) is 9.36 Å². The Balaban J connectivity index is 1.37. The molecule has 156 valence electrons. The number of nitrogens with one attached hydrogen (secondary N) is 1. The fourth-order valence-corrected chi connectivity index (χ4v) is 4.88. The van der Waals surface area contributed by atoms with E-state index >= 15 is 0 Å². The van der Waals surface area contributed by atoms with E-state index in [4.69, 9.17) is 0 Å². The van der Waals surface area contributed by atoms with Crippen LogP contribution in [0.5, 0.6) is 0 Å². The molecule has 29 heavy (non-hydrogen) atoms. The second kappa shape index (κ2) is 9.54. The number of hydrogen-bond donors (Lipinski definition) is 1. The summed E-state index contributed by atoms with van der Waals surface area (Å²) in [5.41, 5.74) is 2.09. The Hall–Kier alpha value is -2.19. The fourth-order valence-electron chi connectivity index (χ4n) is 3.98. The molecule has 7 nitrogen and oxygen atoms in total. The lowest BCUT2D eigenvalue weighted by Gasteiger charge is -2.33. The molecule has 1 aliphatic heterocycles. The number of hydrogen-bond acceptors (Lipinski definition) is 6. The van der Waals surface area contributed by atoms with Gasteiger partial charge in [0.25, 0.3) is 5.91 Å². The fraction of sp³-hybridized carbons (Fsp3) is 0.571. The molecule has 0 spiro atoms. The number of likely N-dealkylation sites (N-methyl/N-ethyl adjacent to an activating group) is 1. The number of amides is 1. The first-order valence-corrected chi connectivity index (χ1v) is 11.5. The zero-order valence-corrected chi connectivity index (χ0v) is 18.0. The molecule has 1 N–H and O–H groups in total. The van der Waals surface area contributed by atoms with Crippen molar-refractivity contribution in [1.29, 1.82) is 0 Å². The monoisotopic (exact) mass is 414 g/mol. The lowest BCUT2D eigenvalue weighted by Crippen LogP contribution is -2.46. The zero-order chi connectivity index (χ0) is 20.1. The van der Waals surface area contributed by atoms with Gasteiger partial charge >= 0.3 is 0 Å². The van der Waals surface area contributed by atoms with E-state index in [0.29, 0.717) is 12.2 Å². The van der Waals surface area contributed by atoms with Crippen molar-refractivity contribution >= 4 is 22.4 Å². The number of nitrogens with zero attached hydrogens (tertiary/aromatic N) is 5. The molecule has 0 aromatic carbocycles. The molecule has 0 bridgehead atoms. The zero-order valence-electron chi connectivity index (χ0n) is 17.1. The Morgan fingerprint density at radius 2 is 2.00 bits per heavy atom. The largest absolute Gasteiger partial charge is 0.350 e. The van der Waals surface area contributed by atoms with E-state index in [9.17, 15) is 4.79 Å². The highest BCUT2D eigenvalue weighted by Gasteiger charge is 2.21. The van der Waals surface area contributed by atoms with E-state index in [-0.39, 0.29) is 5.91 Å². The summed E-state index contributed by atoms with van der Waals surface area (Å²) < 4.78 is 1.85. The first-order chi connectivity index (χ1) is 14.2. The summed E-state index contributed by atoms with van der Waals surface area (Å²) in [7, 11) is 0. The summed E-state index contributed by atoms with van der Waals surface area (Å²) >= 11 is 1.54. The molecule has 0 radical (unpaired) electrons. The molecule has 1 fully saturated rings. The summed E-state index contributed by atoms with van der Waals surface area (Å²) in [4.78, 5) is 17.4. The van der Waals surface area contributed by atoms with Crippen LogP contribution in [-0.2, 0) is 0 Å². The van der Waals surface area contributed by atoms with Crippen LogP contribution in [-0.4, -0.2) is 64.8 Å².